The van der Waals surface area contributed by atoms with E-state index in [0.717, 1.165) is 0 Å². The van der Waals surface area contributed by atoms with Gasteiger partial charge in [-0.15, -0.1) is 0 Å². The molecule has 10 heavy (non-hydrogen) atoms. The zero-order chi connectivity index (χ0) is 7.61. The Bertz CT molecular complexity index is 196. The first kappa shape index (κ1) is 7.91. The smallest absolute Gasteiger partial charge is 0.192 e. The molecule has 0 heterocycles. The first-order valence-electron chi connectivity index (χ1n) is 2.86. The molecule has 0 aromatic rings. The van der Waals surface area contributed by atoms with Gasteiger partial charge in [0, 0.05) is 0 Å². The first-order chi connectivity index (χ1) is 4.67. The second-order valence-corrected chi connectivity index (χ2v) is 3.73. The van der Waals surface area contributed by atoms with Crippen LogP contribution in [0.25, 0.3) is 0 Å². The maximum atomic E-state index is 13.2. The van der Waals surface area contributed by atoms with Crippen LogP contribution < -0.4 is 0 Å². The van der Waals surface area contributed by atoms with E-state index in [1.807, 2.05) is 0 Å². The molecular formula is C7H6FIO. The number of carbonyl (C=O) groups is 1. The summed E-state index contributed by atoms with van der Waals surface area (Å²) in [6, 6.07) is 0. The molecule has 0 bridgehead atoms. The molecule has 0 saturated carbocycles. The summed E-state index contributed by atoms with van der Waals surface area (Å²) >= 11 is 1.62. The molecule has 1 aliphatic rings. The van der Waals surface area contributed by atoms with Crippen LogP contribution in [0.4, 0.5) is 4.39 Å². The Balaban J connectivity index is 2.84. The molecule has 1 aliphatic carbocycles. The molecule has 2 unspecified atom stereocenters. The second kappa shape index (κ2) is 2.82. The average Bonchev–Trinajstić information content (AvgIpc) is 1.87. The highest BCUT2D eigenvalue weighted by Crippen LogP contribution is 2.33. The number of halogens is 2. The van der Waals surface area contributed by atoms with E-state index >= 15 is 0 Å². The van der Waals surface area contributed by atoms with Crippen molar-refractivity contribution < 1.29 is 9.18 Å². The van der Waals surface area contributed by atoms with Crippen molar-refractivity contribution in [1.82, 2.24) is 0 Å². The molecule has 0 amide bonds. The first-order valence-corrected chi connectivity index (χ1v) is 3.94. The Morgan fingerprint density at radius 3 is 2.70 bits per heavy atom. The minimum atomic E-state index is -1.52. The molecule has 1 rings (SSSR count). The normalized spacial score (nSPS) is 38.0. The van der Waals surface area contributed by atoms with Crippen LogP contribution in [0, 0.1) is 5.92 Å². The number of allylic oxidation sites excluding steroid dienone is 4. The van der Waals surface area contributed by atoms with Gasteiger partial charge in [0.05, 0.1) is 5.92 Å². The monoisotopic (exact) mass is 252 g/mol. The second-order valence-electron chi connectivity index (χ2n) is 2.08. The molecule has 0 aromatic carbocycles. The van der Waals surface area contributed by atoms with E-state index in [9.17, 15) is 9.18 Å². The molecule has 0 aromatic heterocycles. The summed E-state index contributed by atoms with van der Waals surface area (Å²) in [5.41, 5.74) is 0. The van der Waals surface area contributed by atoms with Gasteiger partial charge in [-0.3, -0.25) is 0 Å². The van der Waals surface area contributed by atoms with Crippen LogP contribution in [-0.2, 0) is 4.79 Å². The fourth-order valence-electron chi connectivity index (χ4n) is 0.743. The van der Waals surface area contributed by atoms with Crippen LogP contribution in [0.1, 0.15) is 0 Å². The Kier molecular flexibility index (Phi) is 2.23. The molecule has 0 fully saturated rings. The summed E-state index contributed by atoms with van der Waals surface area (Å²) in [7, 11) is 0. The van der Waals surface area contributed by atoms with Crippen molar-refractivity contribution >= 4 is 28.9 Å². The van der Waals surface area contributed by atoms with Crippen LogP contribution in [0.2, 0.25) is 0 Å². The molecule has 0 radical (unpaired) electrons. The molecule has 1 nitrogen and oxygen atoms in total. The SMILES string of the molecule is O=CC1C=CC=CC1(F)I. The Labute approximate surface area is 72.1 Å². The molecule has 0 aliphatic heterocycles. The summed E-state index contributed by atoms with van der Waals surface area (Å²) in [6.45, 7) is 0. The fourth-order valence-corrected chi connectivity index (χ4v) is 1.31. The predicted molar refractivity (Wildman–Crippen MR) is 45.7 cm³/mol. The van der Waals surface area contributed by atoms with Crippen LogP contribution in [0.3, 0.4) is 0 Å². The Morgan fingerprint density at radius 1 is 1.60 bits per heavy atom. The number of alkyl halides is 2. The number of hydrogen-bond donors (Lipinski definition) is 0. The van der Waals surface area contributed by atoms with Gasteiger partial charge in [-0.2, -0.15) is 0 Å². The molecule has 0 spiro atoms. The molecule has 0 saturated heterocycles. The molecule has 3 heteroatoms. The average molecular weight is 252 g/mol. The number of carbonyl (C=O) groups excluding carboxylic acids is 1. The van der Waals surface area contributed by atoms with Gasteiger partial charge in [0.1, 0.15) is 6.29 Å². The van der Waals surface area contributed by atoms with Crippen molar-refractivity contribution in [3.8, 4) is 0 Å². The summed E-state index contributed by atoms with van der Waals surface area (Å²) in [5.74, 6) is -0.627. The zero-order valence-corrected chi connectivity index (χ0v) is 7.29. The highest BCUT2D eigenvalue weighted by atomic mass is 127. The van der Waals surface area contributed by atoms with Gasteiger partial charge in [-0.05, 0) is 28.7 Å². The van der Waals surface area contributed by atoms with Crippen LogP contribution in [0.5, 0.6) is 0 Å². The highest BCUT2D eigenvalue weighted by molar-refractivity contribution is 14.1. The van der Waals surface area contributed by atoms with E-state index in [4.69, 9.17) is 0 Å². The van der Waals surface area contributed by atoms with Gasteiger partial charge in [-0.1, -0.05) is 18.2 Å². The van der Waals surface area contributed by atoms with Crippen molar-refractivity contribution in [1.29, 1.82) is 0 Å². The van der Waals surface area contributed by atoms with E-state index in [-0.39, 0.29) is 0 Å². The summed E-state index contributed by atoms with van der Waals surface area (Å²) in [6.07, 6.45) is 6.83. The third-order valence-corrected chi connectivity index (χ3v) is 2.42. The zero-order valence-electron chi connectivity index (χ0n) is 5.13. The van der Waals surface area contributed by atoms with Crippen molar-refractivity contribution in [2.45, 2.75) is 3.68 Å². The number of rotatable bonds is 1. The lowest BCUT2D eigenvalue weighted by molar-refractivity contribution is -0.111. The van der Waals surface area contributed by atoms with Gasteiger partial charge in [0.2, 0.25) is 0 Å². The van der Waals surface area contributed by atoms with Gasteiger partial charge >= 0.3 is 0 Å². The van der Waals surface area contributed by atoms with Crippen LogP contribution in [0.15, 0.2) is 24.3 Å². The standard InChI is InChI=1S/C7H6FIO/c8-7(9)4-2-1-3-6(7)5-10/h1-6H. The maximum Gasteiger partial charge on any atom is 0.192 e. The van der Waals surface area contributed by atoms with E-state index in [0.29, 0.717) is 6.29 Å². The molecule has 0 N–H and O–H groups in total. The van der Waals surface area contributed by atoms with E-state index in [1.54, 1.807) is 40.8 Å². The number of hydrogen-bond acceptors (Lipinski definition) is 1. The fraction of sp³-hybridized carbons (Fsp3) is 0.286. The lowest BCUT2D eigenvalue weighted by Crippen LogP contribution is -2.24. The number of aldehydes is 1. The van der Waals surface area contributed by atoms with E-state index in [2.05, 4.69) is 0 Å². The third-order valence-electron chi connectivity index (χ3n) is 1.34. The largest absolute Gasteiger partial charge is 0.303 e. The highest BCUT2D eigenvalue weighted by Gasteiger charge is 2.32. The maximum absolute atomic E-state index is 13.2. The van der Waals surface area contributed by atoms with Crippen LogP contribution >= 0.6 is 22.6 Å². The van der Waals surface area contributed by atoms with Gasteiger partial charge < -0.3 is 4.79 Å². The van der Waals surface area contributed by atoms with Crippen molar-refractivity contribution in [2.24, 2.45) is 5.92 Å². The van der Waals surface area contributed by atoms with E-state index in [1.165, 1.54) is 6.08 Å². The third kappa shape index (κ3) is 1.45. The van der Waals surface area contributed by atoms with E-state index < -0.39 is 9.59 Å². The predicted octanol–water partition coefficient (Wildman–Crippen LogP) is 2.03. The summed E-state index contributed by atoms with van der Waals surface area (Å²) in [5, 5.41) is 0. The lowest BCUT2D eigenvalue weighted by atomic mass is 10.0. The minimum absolute atomic E-state index is 0.617. The molecule has 2 atom stereocenters. The van der Waals surface area contributed by atoms with Crippen molar-refractivity contribution in [3.63, 3.8) is 0 Å². The topological polar surface area (TPSA) is 17.1 Å². The molecular weight excluding hydrogens is 246 g/mol. The summed E-state index contributed by atoms with van der Waals surface area (Å²) < 4.78 is 11.6. The van der Waals surface area contributed by atoms with Gasteiger partial charge in [0.15, 0.2) is 3.68 Å². The van der Waals surface area contributed by atoms with Crippen molar-refractivity contribution in [2.75, 3.05) is 0 Å². The van der Waals surface area contributed by atoms with Crippen LogP contribution in [-0.4, -0.2) is 9.96 Å². The van der Waals surface area contributed by atoms with Gasteiger partial charge in [-0.25, -0.2) is 4.39 Å². The Morgan fingerprint density at radius 2 is 2.30 bits per heavy atom. The summed E-state index contributed by atoms with van der Waals surface area (Å²) in [4.78, 5) is 10.2. The quantitative estimate of drug-likeness (QED) is 0.396. The van der Waals surface area contributed by atoms with Crippen molar-refractivity contribution in [3.05, 3.63) is 24.3 Å². The van der Waals surface area contributed by atoms with Gasteiger partial charge in [0.25, 0.3) is 0 Å². The lowest BCUT2D eigenvalue weighted by Gasteiger charge is -2.19. The molecule has 54 valence electrons. The Hall–Kier alpha value is -0.190. The minimum Gasteiger partial charge on any atom is -0.303 e.